The topological polar surface area (TPSA) is 87.8 Å². The zero-order chi connectivity index (χ0) is 27.0. The molecule has 0 saturated carbocycles. The first kappa shape index (κ1) is 26.3. The van der Waals surface area contributed by atoms with E-state index in [1.54, 1.807) is 16.4 Å². The third-order valence-corrected chi connectivity index (χ3v) is 8.55. The smallest absolute Gasteiger partial charge is 0.270 e. The van der Waals surface area contributed by atoms with Gasteiger partial charge in [-0.2, -0.15) is 5.26 Å². The van der Waals surface area contributed by atoms with Crippen molar-refractivity contribution in [1.29, 1.82) is 5.26 Å². The number of anilines is 1. The summed E-state index contributed by atoms with van der Waals surface area (Å²) in [5, 5.41) is 9.87. The summed E-state index contributed by atoms with van der Waals surface area (Å²) in [6.45, 7) is 8.67. The largest absolute Gasteiger partial charge is 0.454 e. The van der Waals surface area contributed by atoms with Crippen molar-refractivity contribution in [2.75, 3.05) is 24.8 Å². The van der Waals surface area contributed by atoms with Crippen molar-refractivity contribution < 1.29 is 14.3 Å². The summed E-state index contributed by atoms with van der Waals surface area (Å²) in [4.78, 5) is 31.3. The van der Waals surface area contributed by atoms with Crippen LogP contribution >= 0.6 is 24.0 Å². The summed E-state index contributed by atoms with van der Waals surface area (Å²) >= 11 is 6.85. The van der Waals surface area contributed by atoms with Crippen LogP contribution in [0.2, 0.25) is 0 Å². The number of ether oxygens (including phenoxy) is 2. The number of benzene rings is 1. The highest BCUT2D eigenvalue weighted by atomic mass is 32.2. The van der Waals surface area contributed by atoms with Gasteiger partial charge in [0.25, 0.3) is 11.5 Å². The Morgan fingerprint density at radius 3 is 2.79 bits per heavy atom. The molecule has 5 rings (SSSR count). The number of fused-ring (bicyclic) bond motifs is 1. The molecule has 0 aliphatic carbocycles. The molecule has 8 nitrogen and oxygen atoms in total. The Labute approximate surface area is 231 Å². The maximum Gasteiger partial charge on any atom is 0.270 e. The third-order valence-electron chi connectivity index (χ3n) is 7.18. The number of carbonyl (C=O) groups excluding carboxylic acids is 1. The number of thiocarbonyl (C=S) groups is 1. The summed E-state index contributed by atoms with van der Waals surface area (Å²) < 4.78 is 13.1. The van der Waals surface area contributed by atoms with E-state index in [0.29, 0.717) is 45.3 Å². The predicted molar refractivity (Wildman–Crippen MR) is 152 cm³/mol. The highest BCUT2D eigenvalue weighted by Gasteiger charge is 2.34. The van der Waals surface area contributed by atoms with Crippen molar-refractivity contribution in [2.24, 2.45) is 5.92 Å². The Kier molecular flexibility index (Phi) is 7.50. The molecule has 3 aliphatic rings. The molecule has 1 unspecified atom stereocenters. The second kappa shape index (κ2) is 10.8. The number of hydrogen-bond acceptors (Lipinski definition) is 8. The highest BCUT2D eigenvalue weighted by molar-refractivity contribution is 8.26. The molecule has 0 N–H and O–H groups in total. The lowest BCUT2D eigenvalue weighted by atomic mass is 9.98. The van der Waals surface area contributed by atoms with E-state index in [-0.39, 0.29) is 23.8 Å². The fourth-order valence-electron chi connectivity index (χ4n) is 5.29. The van der Waals surface area contributed by atoms with Gasteiger partial charge in [0.15, 0.2) is 11.5 Å². The molecule has 1 amide bonds. The first-order valence-electron chi connectivity index (χ1n) is 12.9. The van der Waals surface area contributed by atoms with E-state index in [1.807, 2.05) is 31.2 Å². The van der Waals surface area contributed by atoms with Crippen molar-refractivity contribution >= 4 is 46.1 Å². The van der Waals surface area contributed by atoms with Crippen LogP contribution in [0.4, 0.5) is 5.82 Å². The third kappa shape index (κ3) is 4.81. The molecule has 0 spiro atoms. The van der Waals surface area contributed by atoms with Gasteiger partial charge in [0, 0.05) is 25.2 Å². The van der Waals surface area contributed by atoms with Crippen molar-refractivity contribution in [2.45, 2.75) is 53.1 Å². The van der Waals surface area contributed by atoms with Gasteiger partial charge < -0.3 is 14.4 Å². The number of pyridine rings is 1. The van der Waals surface area contributed by atoms with Gasteiger partial charge in [-0.25, -0.2) is 0 Å². The SMILES string of the molecule is CCCn1c(N2CCCC(C)C2)c(/C=C2\SC(=S)N(Cc3ccc4c(c3)OCO4)C2=O)c(C)c(C#N)c1=O. The number of rotatable bonds is 6. The molecule has 2 aromatic rings. The summed E-state index contributed by atoms with van der Waals surface area (Å²) in [6.07, 6.45) is 4.74. The predicted octanol–water partition coefficient (Wildman–Crippen LogP) is 4.80. The minimum atomic E-state index is -0.271. The van der Waals surface area contributed by atoms with Gasteiger partial charge in [-0.3, -0.25) is 19.1 Å². The molecule has 3 aliphatic heterocycles. The van der Waals surface area contributed by atoms with E-state index < -0.39 is 0 Å². The summed E-state index contributed by atoms with van der Waals surface area (Å²) in [6, 6.07) is 7.71. The van der Waals surface area contributed by atoms with Crippen molar-refractivity contribution in [3.63, 3.8) is 0 Å². The van der Waals surface area contributed by atoms with Gasteiger partial charge in [-0.15, -0.1) is 0 Å². The highest BCUT2D eigenvalue weighted by Crippen LogP contribution is 2.38. The number of nitriles is 1. The Morgan fingerprint density at radius 2 is 2.05 bits per heavy atom. The number of aromatic nitrogens is 1. The normalized spacial score (nSPS) is 19.9. The lowest BCUT2D eigenvalue weighted by molar-refractivity contribution is -0.122. The molecule has 10 heteroatoms. The van der Waals surface area contributed by atoms with Crippen LogP contribution in [0.3, 0.4) is 0 Å². The minimum absolute atomic E-state index is 0.120. The number of thioether (sulfide) groups is 1. The molecular formula is C28H30N4O4S2. The number of hydrogen-bond donors (Lipinski definition) is 0. The van der Waals surface area contributed by atoms with Gasteiger partial charge in [0.2, 0.25) is 6.79 Å². The van der Waals surface area contributed by atoms with E-state index in [4.69, 9.17) is 21.7 Å². The van der Waals surface area contributed by atoms with Gasteiger partial charge in [-0.05, 0) is 61.4 Å². The fourth-order valence-corrected chi connectivity index (χ4v) is 6.52. The maximum atomic E-state index is 13.6. The van der Waals surface area contributed by atoms with E-state index in [0.717, 1.165) is 49.3 Å². The van der Waals surface area contributed by atoms with E-state index in [2.05, 4.69) is 17.9 Å². The average Bonchev–Trinajstić information content (AvgIpc) is 3.47. The molecule has 0 radical (unpaired) electrons. The van der Waals surface area contributed by atoms with Gasteiger partial charge in [-0.1, -0.05) is 43.9 Å². The standard InChI is InChI=1S/C28H30N4O4S2/c1-4-9-31-25(30-10-5-6-17(2)14-30)20(18(3)21(13-29)26(31)33)12-24-27(34)32(28(37)38-24)15-19-7-8-22-23(11-19)36-16-35-22/h7-8,11-12,17H,4-6,9-10,14-16H2,1-3H3/b24-12-. The van der Waals surface area contributed by atoms with Crippen LogP contribution in [-0.2, 0) is 17.9 Å². The van der Waals surface area contributed by atoms with Crippen molar-refractivity contribution in [1.82, 2.24) is 9.47 Å². The molecule has 0 bridgehead atoms. The van der Waals surface area contributed by atoms with Gasteiger partial charge >= 0.3 is 0 Å². The van der Waals surface area contributed by atoms with Crippen molar-refractivity contribution in [3.8, 4) is 17.6 Å². The van der Waals surface area contributed by atoms with E-state index in [9.17, 15) is 14.9 Å². The Morgan fingerprint density at radius 1 is 1.26 bits per heavy atom. The molecule has 38 heavy (non-hydrogen) atoms. The zero-order valence-corrected chi connectivity index (χ0v) is 23.4. The molecule has 1 aromatic heterocycles. The molecule has 198 valence electrons. The van der Waals surface area contributed by atoms with Crippen LogP contribution in [0.25, 0.3) is 6.08 Å². The summed E-state index contributed by atoms with van der Waals surface area (Å²) in [5.74, 6) is 2.42. The second-order valence-electron chi connectivity index (χ2n) is 9.95. The molecule has 1 atom stereocenters. The van der Waals surface area contributed by atoms with E-state index in [1.165, 1.54) is 11.8 Å². The van der Waals surface area contributed by atoms with Crippen LogP contribution in [-0.4, -0.2) is 39.6 Å². The van der Waals surface area contributed by atoms with Crippen LogP contribution < -0.4 is 19.9 Å². The van der Waals surface area contributed by atoms with E-state index >= 15 is 0 Å². The zero-order valence-electron chi connectivity index (χ0n) is 21.8. The summed E-state index contributed by atoms with van der Waals surface area (Å²) in [7, 11) is 0. The molecule has 2 fully saturated rings. The van der Waals surface area contributed by atoms with Crippen molar-refractivity contribution in [3.05, 3.63) is 55.7 Å². The Bertz CT molecular complexity index is 1440. The van der Waals surface area contributed by atoms with Crippen LogP contribution in [0, 0.1) is 24.2 Å². The first-order valence-corrected chi connectivity index (χ1v) is 14.1. The number of piperidine rings is 1. The quantitative estimate of drug-likeness (QED) is 0.374. The second-order valence-corrected chi connectivity index (χ2v) is 11.6. The summed E-state index contributed by atoms with van der Waals surface area (Å²) in [5.41, 5.74) is 2.07. The monoisotopic (exact) mass is 550 g/mol. The molecular weight excluding hydrogens is 520 g/mol. The maximum absolute atomic E-state index is 13.6. The van der Waals surface area contributed by atoms with Gasteiger partial charge in [0.05, 0.1) is 11.4 Å². The first-order chi connectivity index (χ1) is 18.3. The lowest BCUT2D eigenvalue weighted by Gasteiger charge is -2.36. The van der Waals surface area contributed by atoms with Crippen LogP contribution in [0.15, 0.2) is 27.9 Å². The molecule has 2 saturated heterocycles. The number of amides is 1. The van der Waals surface area contributed by atoms with Crippen LogP contribution in [0.1, 0.15) is 55.4 Å². The molecule has 1 aromatic carbocycles. The fraction of sp³-hybridized carbons (Fsp3) is 0.429. The average molecular weight is 551 g/mol. The lowest BCUT2D eigenvalue weighted by Crippen LogP contribution is -2.40. The van der Waals surface area contributed by atoms with Gasteiger partial charge in [0.1, 0.15) is 21.8 Å². The Hall–Kier alpha value is -3.29. The molecule has 4 heterocycles. The Balaban J connectivity index is 1.56. The minimum Gasteiger partial charge on any atom is -0.454 e. The number of nitrogens with zero attached hydrogens (tertiary/aromatic N) is 4. The number of carbonyl (C=O) groups is 1. The van der Waals surface area contributed by atoms with Crippen LogP contribution in [0.5, 0.6) is 11.5 Å².